The van der Waals surface area contributed by atoms with Crippen LogP contribution >= 0.6 is 21.6 Å². The van der Waals surface area contributed by atoms with Crippen LogP contribution in [0.5, 0.6) is 11.5 Å². The number of methoxy groups -OCH3 is 1. The molecule has 3 aromatic carbocycles. The minimum atomic E-state index is -1.10. The highest BCUT2D eigenvalue weighted by Crippen LogP contribution is 2.76. The van der Waals surface area contributed by atoms with Crippen molar-refractivity contribution in [3.8, 4) is 23.3 Å². The van der Waals surface area contributed by atoms with Crippen LogP contribution in [0.25, 0.3) is 0 Å². The van der Waals surface area contributed by atoms with Gasteiger partial charge in [0.25, 0.3) is 0 Å². The number of phenols is 1. The topological polar surface area (TPSA) is 214 Å². The van der Waals surface area contributed by atoms with E-state index >= 15 is 0 Å². The molecule has 3 heterocycles. The largest absolute Gasteiger partial charge is 0.504 e. The summed E-state index contributed by atoms with van der Waals surface area (Å²) in [5, 5.41) is 91.9. The van der Waals surface area contributed by atoms with Crippen molar-refractivity contribution in [3.05, 3.63) is 189 Å². The maximum absolute atomic E-state index is 13.5. The van der Waals surface area contributed by atoms with E-state index < -0.39 is 65.0 Å². The zero-order valence-electron chi connectivity index (χ0n) is 55.2. The molecule has 11 N–H and O–H groups in total. The number of aliphatic hydroxyl groups excluding tert-OH is 6. The fourth-order valence-corrected chi connectivity index (χ4v) is 24.4. The van der Waals surface area contributed by atoms with E-state index in [0.29, 0.717) is 87.3 Å². The summed E-state index contributed by atoms with van der Waals surface area (Å²) < 4.78 is 13.0. The molecule has 2 saturated carbocycles. The van der Waals surface area contributed by atoms with Gasteiger partial charge in [-0.2, -0.15) is 0 Å². The van der Waals surface area contributed by atoms with Gasteiger partial charge in [-0.15, -0.1) is 0 Å². The van der Waals surface area contributed by atoms with Gasteiger partial charge in [0.05, 0.1) is 24.4 Å². The van der Waals surface area contributed by atoms with Crippen LogP contribution in [0.3, 0.4) is 0 Å². The molecule has 12 nitrogen and oxygen atoms in total. The molecular formula is C81H99N3O9S2. The molecular weight excluding hydrogens is 1220 g/mol. The molecule has 3 fully saturated rings. The smallest absolute Gasteiger partial charge is 0.161 e. The Labute approximate surface area is 569 Å². The number of aromatic nitrogens is 1. The minimum absolute atomic E-state index is 0.0248. The number of H-pyrrole nitrogens is 1. The van der Waals surface area contributed by atoms with Crippen LogP contribution in [-0.2, 0) is 17.6 Å². The fraction of sp³-hybridized carbons (Fsp3) is 0.556. The third kappa shape index (κ3) is 11.5. The number of hydrogen-bond donors (Lipinski definition) is 10. The van der Waals surface area contributed by atoms with E-state index in [0.717, 1.165) is 46.4 Å². The lowest BCUT2D eigenvalue weighted by molar-refractivity contribution is -0.153. The number of nitrogens with one attached hydrogen (secondary N) is 2. The van der Waals surface area contributed by atoms with Crippen LogP contribution in [-0.4, -0.2) is 116 Å². The predicted molar refractivity (Wildman–Crippen MR) is 377 cm³/mol. The summed E-state index contributed by atoms with van der Waals surface area (Å²) in [7, 11) is 5.03. The second kappa shape index (κ2) is 27.3. The van der Waals surface area contributed by atoms with Crippen molar-refractivity contribution in [1.82, 2.24) is 10.3 Å². The summed E-state index contributed by atoms with van der Waals surface area (Å²) in [5.41, 5.74) is 16.7. The molecule has 0 amide bonds. The van der Waals surface area contributed by atoms with Crippen LogP contribution in [0.15, 0.2) is 156 Å². The van der Waals surface area contributed by atoms with Crippen molar-refractivity contribution in [3.63, 3.8) is 0 Å². The first kappa shape index (κ1) is 65.5. The summed E-state index contributed by atoms with van der Waals surface area (Å²) in [5.74, 6) is 8.71. The Morgan fingerprint density at radius 3 is 2.40 bits per heavy atom. The van der Waals surface area contributed by atoms with Gasteiger partial charge in [0.15, 0.2) is 11.5 Å². The number of aromatic hydroxyl groups is 1. The number of phenolic OH excluding ortho intramolecular Hbond substituents is 1. The van der Waals surface area contributed by atoms with Gasteiger partial charge >= 0.3 is 0 Å². The highest BCUT2D eigenvalue weighted by Gasteiger charge is 2.71. The van der Waals surface area contributed by atoms with Crippen LogP contribution in [0.2, 0.25) is 0 Å². The van der Waals surface area contributed by atoms with Gasteiger partial charge in [-0.1, -0.05) is 161 Å². The molecule has 1 aromatic heterocycles. The van der Waals surface area contributed by atoms with Gasteiger partial charge < -0.3 is 61.3 Å². The average molecular weight is 1320 g/mol. The number of aromatic amines is 1. The Kier molecular flexibility index (Phi) is 18.9. The van der Waals surface area contributed by atoms with Gasteiger partial charge in [-0.3, -0.25) is 0 Å². The van der Waals surface area contributed by atoms with E-state index in [9.17, 15) is 35.7 Å². The SMILES string of the molecule is CCC1Cc2cc(O)c(OC3CC(Cc4ccc[nH]4)C4=CCNC(N)=C4CSSCC(CO)C3O)cc2C2CC(O)C3C(C#CC45CC(c6ccccc6)C6C7C=CC(c8ccccc87)C7C8CCCCC8C=CC7C6(C=C(CCCOC)C4C(O)CCC3O)C5CO)C=C12. The lowest BCUT2D eigenvalue weighted by atomic mass is 9.33. The number of nitrogens with two attached hydrogens (primary N) is 1. The van der Waals surface area contributed by atoms with Crippen molar-refractivity contribution in [2.24, 2.45) is 87.6 Å². The zero-order valence-corrected chi connectivity index (χ0v) is 56.9. The number of benzene rings is 3. The van der Waals surface area contributed by atoms with Gasteiger partial charge in [0.1, 0.15) is 11.9 Å². The van der Waals surface area contributed by atoms with Crippen LogP contribution in [0.4, 0.5) is 0 Å². The molecule has 23 unspecified atom stereocenters. The third-order valence-electron chi connectivity index (χ3n) is 25.9. The first-order valence-corrected chi connectivity index (χ1v) is 38.6. The first-order chi connectivity index (χ1) is 46.4. The Hall–Kier alpha value is -5.44. The summed E-state index contributed by atoms with van der Waals surface area (Å²) in [6, 6.07) is 28.3. The monoisotopic (exact) mass is 1320 g/mol. The lowest BCUT2D eigenvalue weighted by Crippen LogP contribution is -2.67. The number of dihydropyridines is 1. The molecule has 23 atom stereocenters. The van der Waals surface area contributed by atoms with Gasteiger partial charge in [-0.25, -0.2) is 0 Å². The predicted octanol–water partition coefficient (Wildman–Crippen LogP) is 12.3. The third-order valence-corrected chi connectivity index (χ3v) is 28.3. The molecule has 2 aliphatic heterocycles. The molecule has 11 aliphatic rings. The molecule has 14 heteroatoms. The number of rotatable bonds is 12. The van der Waals surface area contributed by atoms with E-state index in [1.54, 1.807) is 28.7 Å². The Morgan fingerprint density at radius 2 is 1.61 bits per heavy atom. The molecule has 4 bridgehead atoms. The van der Waals surface area contributed by atoms with Crippen LogP contribution < -0.4 is 15.8 Å². The van der Waals surface area contributed by atoms with Crippen molar-refractivity contribution in [1.29, 1.82) is 0 Å². The molecule has 95 heavy (non-hydrogen) atoms. The van der Waals surface area contributed by atoms with E-state index in [1.807, 2.05) is 24.4 Å². The first-order valence-electron chi connectivity index (χ1n) is 36.1. The fourth-order valence-electron chi connectivity index (χ4n) is 21.9. The maximum Gasteiger partial charge on any atom is 0.161 e. The second-order valence-corrected chi connectivity index (χ2v) is 32.8. The Balaban J connectivity index is 0.878. The number of allylic oxidation sites excluding steroid dienone is 8. The standard InChI is InChI=1S/C81H99N3O9S2/c1-3-46-33-51-36-69(89)71(93-72-37-52(34-54-17-11-30-83-54)55-28-31-84-79(82)65(55)45-95-94-44-53(42-85)78(72)91)39-62(51)63-38-70(90)74-49(35-61(46)63)27-29-80-41-64(47-13-5-4-6-14-47)77-60-23-22-59(57-19-9-10-20-58(57)60)75-56-18-8-7-15-48(56)21-24-66(75)81(77,73(80)43-86)40-50(16-12-32-92-2)76(80)68(88)26-25-67(74)87/h4-6,9-11,13-14,17,19-24,28,30,35-36,39-40,46,48-49,52-53,56,59-60,63-64,66-68,70,72-78,83-91H,3,7-8,12,15-16,18,25-26,31-34,37-38,41-45,82H2,1-2H3. The summed E-state index contributed by atoms with van der Waals surface area (Å²) >= 11 is 0. The van der Waals surface area contributed by atoms with Crippen molar-refractivity contribution in [2.75, 3.05) is 45.0 Å². The van der Waals surface area contributed by atoms with Crippen molar-refractivity contribution >= 4 is 21.6 Å². The Bertz CT molecular complexity index is 3700. The number of aliphatic hydroxyl groups is 6. The molecule has 15 rings (SSSR count). The van der Waals surface area contributed by atoms with E-state index in [1.165, 1.54) is 47.9 Å². The highest BCUT2D eigenvalue weighted by atomic mass is 33.1. The van der Waals surface area contributed by atoms with E-state index in [2.05, 4.69) is 132 Å². The molecule has 4 aromatic rings. The molecule has 1 saturated heterocycles. The van der Waals surface area contributed by atoms with Crippen molar-refractivity contribution < 1.29 is 45.2 Å². The van der Waals surface area contributed by atoms with Gasteiger partial charge in [-0.05, 0) is 182 Å². The van der Waals surface area contributed by atoms with Crippen molar-refractivity contribution in [2.45, 2.75) is 151 Å². The summed E-state index contributed by atoms with van der Waals surface area (Å²) in [6.45, 7) is 2.99. The van der Waals surface area contributed by atoms with Crippen LogP contribution in [0, 0.1) is 93.7 Å². The average Bonchev–Trinajstić information content (AvgIpc) is 0.845. The summed E-state index contributed by atoms with van der Waals surface area (Å²) in [6.07, 6.45) is 24.9. The lowest BCUT2D eigenvalue weighted by Gasteiger charge is -2.70. The number of ether oxygens (including phenoxy) is 2. The second-order valence-electron chi connectivity index (χ2n) is 30.3. The molecule has 9 aliphatic carbocycles. The quantitative estimate of drug-likeness (QED) is 0.0277. The Morgan fingerprint density at radius 1 is 0.811 bits per heavy atom. The number of fused-ring (bicyclic) bond motifs is 10. The summed E-state index contributed by atoms with van der Waals surface area (Å²) in [4.78, 5) is 3.40. The number of hydrogen-bond acceptors (Lipinski definition) is 13. The maximum atomic E-state index is 13.5. The molecule has 2 spiro atoms. The van der Waals surface area contributed by atoms with Gasteiger partial charge in [0.2, 0.25) is 0 Å². The minimum Gasteiger partial charge on any atom is -0.504 e. The highest BCUT2D eigenvalue weighted by molar-refractivity contribution is 8.76. The van der Waals surface area contributed by atoms with Crippen LogP contribution in [0.1, 0.15) is 141 Å². The molecule has 504 valence electrons. The van der Waals surface area contributed by atoms with Gasteiger partial charge in [0, 0.05) is 121 Å². The normalized spacial score (nSPS) is 39.3. The van der Waals surface area contributed by atoms with E-state index in [-0.39, 0.29) is 90.3 Å². The zero-order chi connectivity index (χ0) is 65.3. The molecule has 0 radical (unpaired) electrons. The van der Waals surface area contributed by atoms with E-state index in [4.69, 9.17) is 15.2 Å².